The van der Waals surface area contributed by atoms with Crippen molar-refractivity contribution < 1.29 is 114 Å². The number of fused-ring (bicyclic) bond motifs is 7. The Morgan fingerprint density at radius 3 is 1.77 bits per heavy atom. The molecule has 8 aliphatic rings. The van der Waals surface area contributed by atoms with Crippen LogP contribution in [0.1, 0.15) is 114 Å². The van der Waals surface area contributed by atoms with E-state index in [2.05, 4.69) is 26.8 Å². The highest BCUT2D eigenvalue weighted by Gasteiger charge is 2.74. The fourth-order valence-corrected chi connectivity index (χ4v) is 16.2. The molecule has 0 aromatic carbocycles. The number of carbonyl (C=O) groups is 3. The van der Waals surface area contributed by atoms with Gasteiger partial charge < -0.3 is 99.2 Å². The number of carboxylic acids is 1. The first kappa shape index (κ1) is 61.3. The van der Waals surface area contributed by atoms with E-state index in [9.17, 15) is 75.7 Å². The Morgan fingerprint density at radius 2 is 1.24 bits per heavy atom. The Morgan fingerprint density at radius 1 is 0.667 bits per heavy atom. The molecule has 12 N–H and O–H groups in total. The van der Waals surface area contributed by atoms with Gasteiger partial charge in [0, 0.05) is 17.9 Å². The molecule has 0 spiro atoms. The number of carboxylic acid groups (broad SMARTS) is 1. The van der Waals surface area contributed by atoms with Gasteiger partial charge in [0.25, 0.3) is 0 Å². The van der Waals surface area contributed by atoms with Gasteiger partial charge in [0.15, 0.2) is 25.0 Å². The van der Waals surface area contributed by atoms with Crippen LogP contribution in [0.2, 0.25) is 0 Å². The van der Waals surface area contributed by atoms with Crippen LogP contribution in [0, 0.1) is 50.2 Å². The molecule has 0 amide bonds. The van der Waals surface area contributed by atoms with Crippen LogP contribution in [0.3, 0.4) is 0 Å². The summed E-state index contributed by atoms with van der Waals surface area (Å²) in [7, 11) is 0. The molecule has 7 fully saturated rings. The fourth-order valence-electron chi connectivity index (χ4n) is 16.2. The first-order valence-corrected chi connectivity index (χ1v) is 27.5. The summed E-state index contributed by atoms with van der Waals surface area (Å²) in [4.78, 5) is 39.5. The number of hydrogen-bond acceptors (Lipinski definition) is 22. The zero-order valence-corrected chi connectivity index (χ0v) is 46.3. The monoisotopic (exact) mass is 1110 g/mol. The lowest BCUT2D eigenvalue weighted by atomic mass is 9.33. The van der Waals surface area contributed by atoms with E-state index in [0.717, 1.165) is 5.57 Å². The summed E-state index contributed by atoms with van der Waals surface area (Å²) in [6, 6.07) is 0. The minimum atomic E-state index is -2.11. The van der Waals surface area contributed by atoms with E-state index >= 15 is 0 Å². The third kappa shape index (κ3) is 9.72. The van der Waals surface area contributed by atoms with Crippen molar-refractivity contribution in [1.82, 2.24) is 0 Å². The van der Waals surface area contributed by atoms with Crippen LogP contribution in [0.25, 0.3) is 0 Å². The quantitative estimate of drug-likeness (QED) is 0.0488. The predicted molar refractivity (Wildman–Crippen MR) is 268 cm³/mol. The molecule has 4 saturated carbocycles. The average Bonchev–Trinajstić information content (AvgIpc) is 3.52. The van der Waals surface area contributed by atoms with Gasteiger partial charge in [-0.05, 0) is 98.2 Å². The molecular formula is C55H86O23. The maximum Gasteiger partial charge on any atom is 0.335 e. The predicted octanol–water partition coefficient (Wildman–Crippen LogP) is -0.293. The summed E-state index contributed by atoms with van der Waals surface area (Å²) in [6.45, 7) is 17.1. The second-order valence-corrected chi connectivity index (χ2v) is 25.7. The molecule has 5 aliphatic carbocycles. The highest BCUT2D eigenvalue weighted by Crippen LogP contribution is 2.76. The Labute approximate surface area is 454 Å². The largest absolute Gasteiger partial charge is 0.479 e. The van der Waals surface area contributed by atoms with Crippen molar-refractivity contribution >= 4 is 17.9 Å². The molecule has 26 atom stereocenters. The minimum Gasteiger partial charge on any atom is -0.479 e. The van der Waals surface area contributed by atoms with Crippen LogP contribution in [-0.2, 0) is 52.3 Å². The maximum absolute atomic E-state index is 13.4. The van der Waals surface area contributed by atoms with Crippen molar-refractivity contribution in [3.05, 3.63) is 23.3 Å². The molecule has 0 bridgehead atoms. The fraction of sp³-hybridized carbons (Fsp3) is 0.873. The number of allylic oxidation sites excluding steroid dienone is 3. The van der Waals surface area contributed by atoms with Crippen LogP contribution in [-0.4, -0.2) is 216 Å². The van der Waals surface area contributed by atoms with E-state index in [1.807, 2.05) is 27.7 Å². The van der Waals surface area contributed by atoms with E-state index in [1.54, 1.807) is 19.9 Å². The normalized spacial score (nSPS) is 49.9. The molecule has 23 nitrogen and oxygen atoms in total. The van der Waals surface area contributed by atoms with E-state index in [0.29, 0.717) is 44.1 Å². The van der Waals surface area contributed by atoms with Crippen LogP contribution >= 0.6 is 0 Å². The number of hydrogen-bond donors (Lipinski definition) is 12. The molecule has 3 heterocycles. The molecule has 444 valence electrons. The van der Waals surface area contributed by atoms with Crippen molar-refractivity contribution in [2.24, 2.45) is 50.2 Å². The van der Waals surface area contributed by atoms with Gasteiger partial charge in [0.2, 0.25) is 0 Å². The molecule has 0 unspecified atom stereocenters. The lowest BCUT2D eigenvalue weighted by Crippen LogP contribution is -2.72. The van der Waals surface area contributed by atoms with Crippen LogP contribution in [0.15, 0.2) is 23.3 Å². The number of carbonyl (C=O) groups excluding carboxylic acids is 2. The van der Waals surface area contributed by atoms with Crippen LogP contribution in [0.4, 0.5) is 0 Å². The van der Waals surface area contributed by atoms with Gasteiger partial charge in [-0.15, -0.1) is 0 Å². The van der Waals surface area contributed by atoms with Crippen molar-refractivity contribution in [3.63, 3.8) is 0 Å². The molecule has 0 radical (unpaired) electrons. The molecule has 23 heteroatoms. The van der Waals surface area contributed by atoms with Gasteiger partial charge in [-0.25, -0.2) is 9.59 Å². The van der Waals surface area contributed by atoms with E-state index in [-0.39, 0.29) is 23.7 Å². The van der Waals surface area contributed by atoms with E-state index in [1.165, 1.54) is 6.92 Å². The average molecular weight is 1120 g/mol. The standard InChI is InChI=1S/C55H86O23/c1-11-23(2)46(70)78-43-44(71-24(3)59)55(22-58)26(18-50(43,4)5)25-12-13-30-52(8)16-15-32(51(6,7)29(52)14-17-53(30,9)54(25,10)19-31(55)60)74-49-41(76-48-38(66)36(64)34(62)28(21-57)73-48)39(67)40(42(77-49)45(68)69)75-47-37(65)35(63)33(61)27(20-56)72-47/h11-12,26-44,47-49,56-58,60-67H,13-22H2,1-10H3,(H,68,69)/b23-11-/t26-,27+,28+,29-,30+,31+,32-,33+,34-,35-,36-,37+,38+,39-,40-,41+,42-,43-,44-,47-,48-,49+,52-,53+,54+,55-/m0/s1. The second kappa shape index (κ2) is 22.1. The SMILES string of the molecule is C/C=C(/C)C(=O)O[C@H]1[C@H](OC(C)=O)[C@]2(CO)[C@H](O)C[C@]3(C)C(=CC[C@@H]4[C@@]5(C)CC[C@H](O[C@@H]6O[C@H](C(=O)O)[C@@H](O[C@@H]7O[C@H](CO)[C@@H](O)[C@H](O)[C@H]7O)[C@H](O)[C@H]6O[C@@H]6O[C@H](CO)[C@H](O)[C@H](O)[C@H]6O)C(C)(C)[C@@H]5CC[C@]43C)[C@@H]2CC1(C)C. The zero-order valence-electron chi connectivity index (χ0n) is 46.3. The van der Waals surface area contributed by atoms with Gasteiger partial charge in [-0.1, -0.05) is 66.2 Å². The van der Waals surface area contributed by atoms with Crippen molar-refractivity contribution in [1.29, 1.82) is 0 Å². The lowest BCUT2D eigenvalue weighted by molar-refractivity contribution is -0.391. The molecule has 0 aromatic rings. The Balaban J connectivity index is 1.10. The summed E-state index contributed by atoms with van der Waals surface area (Å²) in [5, 5.41) is 131. The number of aliphatic hydroxyl groups excluding tert-OH is 11. The molecule has 0 aromatic heterocycles. The Hall–Kier alpha value is -2.79. The number of ether oxygens (including phenoxy) is 8. The third-order valence-corrected chi connectivity index (χ3v) is 20.9. The van der Waals surface area contributed by atoms with Crippen molar-refractivity contribution in [3.8, 4) is 0 Å². The highest BCUT2D eigenvalue weighted by atomic mass is 16.8. The number of esters is 2. The summed E-state index contributed by atoms with van der Waals surface area (Å²) < 4.78 is 48.4. The van der Waals surface area contributed by atoms with Gasteiger partial charge in [-0.3, -0.25) is 4.79 Å². The summed E-state index contributed by atoms with van der Waals surface area (Å²) >= 11 is 0. The first-order valence-electron chi connectivity index (χ1n) is 27.5. The van der Waals surface area contributed by atoms with Gasteiger partial charge >= 0.3 is 17.9 Å². The number of rotatable bonds is 13. The number of aliphatic hydroxyl groups is 11. The Bertz CT molecular complexity index is 2270. The van der Waals surface area contributed by atoms with E-state index < -0.39 is 187 Å². The first-order chi connectivity index (χ1) is 36.4. The highest BCUT2D eigenvalue weighted by molar-refractivity contribution is 5.87. The second-order valence-electron chi connectivity index (χ2n) is 25.7. The Kier molecular flexibility index (Phi) is 17.3. The summed E-state index contributed by atoms with van der Waals surface area (Å²) in [5.41, 5.74) is -2.95. The number of aliphatic carboxylic acids is 1. The van der Waals surface area contributed by atoms with Crippen molar-refractivity contribution in [2.45, 2.75) is 231 Å². The van der Waals surface area contributed by atoms with Gasteiger partial charge in [0.05, 0.1) is 37.4 Å². The molecular weight excluding hydrogens is 1030 g/mol. The van der Waals surface area contributed by atoms with Gasteiger partial charge in [0.1, 0.15) is 79.4 Å². The molecule has 78 heavy (non-hydrogen) atoms. The summed E-state index contributed by atoms with van der Waals surface area (Å²) in [6.07, 6.45) is -24.8. The maximum atomic E-state index is 13.4. The minimum absolute atomic E-state index is 0.0247. The van der Waals surface area contributed by atoms with Crippen molar-refractivity contribution in [2.75, 3.05) is 19.8 Å². The zero-order chi connectivity index (χ0) is 57.7. The third-order valence-electron chi connectivity index (χ3n) is 20.9. The lowest BCUT2D eigenvalue weighted by Gasteiger charge is -2.72. The smallest absolute Gasteiger partial charge is 0.335 e. The topological polar surface area (TPSA) is 368 Å². The van der Waals surface area contributed by atoms with Gasteiger partial charge in [-0.2, -0.15) is 0 Å². The van der Waals surface area contributed by atoms with Crippen LogP contribution in [0.5, 0.6) is 0 Å². The van der Waals surface area contributed by atoms with Crippen LogP contribution < -0.4 is 0 Å². The molecule has 3 saturated heterocycles. The molecule has 3 aliphatic heterocycles. The van der Waals surface area contributed by atoms with E-state index in [4.69, 9.17) is 37.9 Å². The molecule has 8 rings (SSSR count). The summed E-state index contributed by atoms with van der Waals surface area (Å²) in [5.74, 6) is -3.41.